The van der Waals surface area contributed by atoms with Gasteiger partial charge in [-0.15, -0.1) is 0 Å². The molecule has 1 heterocycles. The zero-order valence-electron chi connectivity index (χ0n) is 14.8. The SMILES string of the molecule is CCCCCCCCC(=O)N1CCCC[C@@H]1C(=O)NCCCN. The van der Waals surface area contributed by atoms with E-state index >= 15 is 0 Å². The lowest BCUT2D eigenvalue weighted by Gasteiger charge is -2.34. The highest BCUT2D eigenvalue weighted by Gasteiger charge is 2.31. The van der Waals surface area contributed by atoms with Crippen LogP contribution in [-0.4, -0.2) is 42.4 Å². The minimum atomic E-state index is -0.269. The van der Waals surface area contributed by atoms with Crippen molar-refractivity contribution in [2.24, 2.45) is 5.73 Å². The molecule has 3 N–H and O–H groups in total. The molecule has 0 aromatic rings. The van der Waals surface area contributed by atoms with Gasteiger partial charge in [-0.05, 0) is 38.6 Å². The fourth-order valence-corrected chi connectivity index (χ4v) is 3.13. The van der Waals surface area contributed by atoms with Crippen molar-refractivity contribution in [1.82, 2.24) is 10.2 Å². The number of piperidine rings is 1. The molecule has 0 saturated carbocycles. The number of carbonyl (C=O) groups excluding carboxylic acids is 2. The minimum absolute atomic E-state index is 0.00514. The second-order valence-electron chi connectivity index (χ2n) is 6.55. The standard InChI is InChI=1S/C18H35N3O2/c1-2-3-4-5-6-7-12-17(22)21-15-9-8-11-16(21)18(23)20-14-10-13-19/h16H,2-15,19H2,1H3,(H,20,23)/t16-/m1/s1. The van der Waals surface area contributed by atoms with Crippen LogP contribution < -0.4 is 11.1 Å². The molecule has 1 fully saturated rings. The molecule has 1 saturated heterocycles. The number of nitrogens with two attached hydrogens (primary N) is 1. The number of nitrogens with zero attached hydrogens (tertiary/aromatic N) is 1. The number of unbranched alkanes of at least 4 members (excludes halogenated alkanes) is 5. The fourth-order valence-electron chi connectivity index (χ4n) is 3.13. The monoisotopic (exact) mass is 325 g/mol. The van der Waals surface area contributed by atoms with Crippen LogP contribution in [0.15, 0.2) is 0 Å². The Morgan fingerprint density at radius 3 is 2.57 bits per heavy atom. The highest BCUT2D eigenvalue weighted by atomic mass is 16.2. The number of nitrogens with one attached hydrogen (secondary N) is 1. The van der Waals surface area contributed by atoms with Crippen LogP contribution in [0.25, 0.3) is 0 Å². The Morgan fingerprint density at radius 2 is 1.83 bits per heavy atom. The molecule has 0 bridgehead atoms. The van der Waals surface area contributed by atoms with E-state index in [1.807, 2.05) is 4.90 Å². The summed E-state index contributed by atoms with van der Waals surface area (Å²) < 4.78 is 0. The van der Waals surface area contributed by atoms with Crippen LogP contribution in [-0.2, 0) is 9.59 Å². The van der Waals surface area contributed by atoms with Gasteiger partial charge in [0.2, 0.25) is 11.8 Å². The zero-order valence-corrected chi connectivity index (χ0v) is 14.8. The second kappa shape index (κ2) is 12.3. The van der Waals surface area contributed by atoms with Gasteiger partial charge in [-0.3, -0.25) is 9.59 Å². The first-order valence-corrected chi connectivity index (χ1v) is 9.48. The van der Waals surface area contributed by atoms with Crippen molar-refractivity contribution in [3.63, 3.8) is 0 Å². The molecule has 0 aliphatic carbocycles. The molecule has 0 aromatic carbocycles. The number of carbonyl (C=O) groups is 2. The Bertz CT molecular complexity index is 347. The number of hydrogen-bond acceptors (Lipinski definition) is 3. The van der Waals surface area contributed by atoms with E-state index in [9.17, 15) is 9.59 Å². The highest BCUT2D eigenvalue weighted by molar-refractivity contribution is 5.87. The maximum Gasteiger partial charge on any atom is 0.242 e. The lowest BCUT2D eigenvalue weighted by molar-refractivity contribution is -0.142. The molecule has 1 aliphatic heterocycles. The number of likely N-dealkylation sites (tertiary alicyclic amines) is 1. The van der Waals surface area contributed by atoms with E-state index in [-0.39, 0.29) is 17.9 Å². The van der Waals surface area contributed by atoms with Gasteiger partial charge >= 0.3 is 0 Å². The molecule has 0 aromatic heterocycles. The Morgan fingerprint density at radius 1 is 1.09 bits per heavy atom. The fraction of sp³-hybridized carbons (Fsp3) is 0.889. The zero-order chi connectivity index (χ0) is 16.9. The summed E-state index contributed by atoms with van der Waals surface area (Å²) in [5.41, 5.74) is 5.45. The van der Waals surface area contributed by atoms with Crippen molar-refractivity contribution in [3.8, 4) is 0 Å². The molecule has 23 heavy (non-hydrogen) atoms. The van der Waals surface area contributed by atoms with Gasteiger partial charge in [0.15, 0.2) is 0 Å². The molecule has 134 valence electrons. The predicted molar refractivity (Wildman–Crippen MR) is 94.0 cm³/mol. The maximum absolute atomic E-state index is 12.5. The Labute approximate surface area is 141 Å². The molecule has 2 amide bonds. The first-order valence-electron chi connectivity index (χ1n) is 9.48. The molecule has 1 atom stereocenters. The van der Waals surface area contributed by atoms with Crippen molar-refractivity contribution in [1.29, 1.82) is 0 Å². The molecule has 5 nitrogen and oxygen atoms in total. The van der Waals surface area contributed by atoms with E-state index in [0.717, 1.165) is 45.1 Å². The third kappa shape index (κ3) is 7.82. The quantitative estimate of drug-likeness (QED) is 0.573. The largest absolute Gasteiger partial charge is 0.354 e. The molecular weight excluding hydrogens is 290 g/mol. The average Bonchev–Trinajstić information content (AvgIpc) is 2.58. The lowest BCUT2D eigenvalue weighted by Crippen LogP contribution is -2.52. The van der Waals surface area contributed by atoms with Crippen LogP contribution in [0.5, 0.6) is 0 Å². The van der Waals surface area contributed by atoms with E-state index in [1.165, 1.54) is 25.7 Å². The van der Waals surface area contributed by atoms with E-state index < -0.39 is 0 Å². The topological polar surface area (TPSA) is 75.4 Å². The Kier molecular flexibility index (Phi) is 10.7. The van der Waals surface area contributed by atoms with Crippen LogP contribution in [0.1, 0.15) is 77.6 Å². The van der Waals surface area contributed by atoms with Crippen molar-refractivity contribution in [2.45, 2.75) is 83.6 Å². The lowest BCUT2D eigenvalue weighted by atomic mass is 10.00. The van der Waals surface area contributed by atoms with Gasteiger partial charge in [0.05, 0.1) is 0 Å². The summed E-state index contributed by atoms with van der Waals surface area (Å²) in [7, 11) is 0. The highest BCUT2D eigenvalue weighted by Crippen LogP contribution is 2.19. The molecule has 0 unspecified atom stereocenters. The predicted octanol–water partition coefficient (Wildman–Crippen LogP) is 2.58. The summed E-state index contributed by atoms with van der Waals surface area (Å²) in [4.78, 5) is 26.6. The van der Waals surface area contributed by atoms with Crippen LogP contribution in [0.3, 0.4) is 0 Å². The van der Waals surface area contributed by atoms with Crippen molar-refractivity contribution >= 4 is 11.8 Å². The van der Waals surface area contributed by atoms with Gasteiger partial charge in [0, 0.05) is 19.5 Å². The van der Waals surface area contributed by atoms with Gasteiger partial charge < -0.3 is 16.0 Å². The number of hydrogen-bond donors (Lipinski definition) is 2. The third-order valence-electron chi connectivity index (χ3n) is 4.55. The Balaban J connectivity index is 2.34. The van der Waals surface area contributed by atoms with Crippen molar-refractivity contribution in [2.75, 3.05) is 19.6 Å². The molecular formula is C18H35N3O2. The maximum atomic E-state index is 12.5. The van der Waals surface area contributed by atoms with Gasteiger partial charge in [-0.1, -0.05) is 39.0 Å². The molecule has 5 heteroatoms. The van der Waals surface area contributed by atoms with E-state index in [1.54, 1.807) is 0 Å². The van der Waals surface area contributed by atoms with Crippen molar-refractivity contribution < 1.29 is 9.59 Å². The first kappa shape index (κ1) is 19.9. The normalized spacial score (nSPS) is 18.0. The van der Waals surface area contributed by atoms with E-state index in [2.05, 4.69) is 12.2 Å². The van der Waals surface area contributed by atoms with Crippen LogP contribution in [0.4, 0.5) is 0 Å². The van der Waals surface area contributed by atoms with Gasteiger partial charge in [0.25, 0.3) is 0 Å². The number of rotatable bonds is 11. The van der Waals surface area contributed by atoms with Gasteiger partial charge in [-0.25, -0.2) is 0 Å². The smallest absolute Gasteiger partial charge is 0.242 e. The average molecular weight is 325 g/mol. The van der Waals surface area contributed by atoms with Crippen LogP contribution in [0.2, 0.25) is 0 Å². The number of amides is 2. The Hall–Kier alpha value is -1.10. The van der Waals surface area contributed by atoms with Crippen LogP contribution in [0, 0.1) is 0 Å². The summed E-state index contributed by atoms with van der Waals surface area (Å²) in [5.74, 6) is 0.147. The van der Waals surface area contributed by atoms with Gasteiger partial charge in [0.1, 0.15) is 6.04 Å². The van der Waals surface area contributed by atoms with Crippen LogP contribution >= 0.6 is 0 Å². The molecule has 0 spiro atoms. The van der Waals surface area contributed by atoms with Gasteiger partial charge in [-0.2, -0.15) is 0 Å². The third-order valence-corrected chi connectivity index (χ3v) is 4.55. The summed E-state index contributed by atoms with van der Waals surface area (Å²) in [6.45, 7) is 4.11. The van der Waals surface area contributed by atoms with E-state index in [0.29, 0.717) is 19.5 Å². The van der Waals surface area contributed by atoms with E-state index in [4.69, 9.17) is 5.73 Å². The van der Waals surface area contributed by atoms with Crippen molar-refractivity contribution in [3.05, 3.63) is 0 Å². The summed E-state index contributed by atoms with van der Waals surface area (Å²) in [5, 5.41) is 2.92. The summed E-state index contributed by atoms with van der Waals surface area (Å²) >= 11 is 0. The summed E-state index contributed by atoms with van der Waals surface area (Å²) in [6, 6.07) is -0.269. The molecule has 1 aliphatic rings. The summed E-state index contributed by atoms with van der Waals surface area (Å²) in [6.07, 6.45) is 11.3. The second-order valence-corrected chi connectivity index (χ2v) is 6.55. The molecule has 1 rings (SSSR count). The molecule has 0 radical (unpaired) electrons. The minimum Gasteiger partial charge on any atom is -0.354 e. The first-order chi connectivity index (χ1) is 11.2.